The van der Waals surface area contributed by atoms with E-state index in [1.54, 1.807) is 17.0 Å². The molecule has 0 radical (unpaired) electrons. The van der Waals surface area contributed by atoms with E-state index in [9.17, 15) is 9.18 Å². The largest absolute Gasteiger partial charge is 0.330 e. The van der Waals surface area contributed by atoms with Gasteiger partial charge in [0.1, 0.15) is 5.82 Å². The first-order chi connectivity index (χ1) is 8.52. The Morgan fingerprint density at radius 3 is 2.72 bits per heavy atom. The van der Waals surface area contributed by atoms with Crippen LogP contribution >= 0.6 is 0 Å². The second kappa shape index (κ2) is 4.94. The molecule has 1 aromatic rings. The summed E-state index contributed by atoms with van der Waals surface area (Å²) in [7, 11) is 0. The minimum atomic E-state index is -0.315. The van der Waals surface area contributed by atoms with Gasteiger partial charge in [0.15, 0.2) is 0 Å². The third-order valence-electron chi connectivity index (χ3n) is 3.43. The third kappa shape index (κ3) is 2.79. The van der Waals surface area contributed by atoms with Gasteiger partial charge in [0.05, 0.1) is 0 Å². The topological polar surface area (TPSA) is 58.4 Å². The van der Waals surface area contributed by atoms with Crippen LogP contribution < -0.4 is 11.1 Å². The SMILES string of the molecule is CC1(CN)CCN(C(=O)Nc2ccc(F)cc2)C1. The highest BCUT2D eigenvalue weighted by molar-refractivity contribution is 5.89. The van der Waals surface area contributed by atoms with Crippen molar-refractivity contribution in [3.8, 4) is 0 Å². The Kier molecular flexibility index (Phi) is 3.52. The zero-order valence-corrected chi connectivity index (χ0v) is 10.4. The molecule has 1 aromatic carbocycles. The highest BCUT2D eigenvalue weighted by Crippen LogP contribution is 2.28. The summed E-state index contributed by atoms with van der Waals surface area (Å²) in [5, 5.41) is 2.75. The van der Waals surface area contributed by atoms with Crippen molar-refractivity contribution < 1.29 is 9.18 Å². The van der Waals surface area contributed by atoms with Gasteiger partial charge in [0, 0.05) is 18.8 Å². The van der Waals surface area contributed by atoms with Crippen LogP contribution in [0.4, 0.5) is 14.9 Å². The first kappa shape index (κ1) is 12.8. The van der Waals surface area contributed by atoms with Gasteiger partial charge in [-0.3, -0.25) is 0 Å². The molecule has 0 aromatic heterocycles. The maximum absolute atomic E-state index is 12.7. The van der Waals surface area contributed by atoms with E-state index in [4.69, 9.17) is 5.73 Å². The molecule has 4 nitrogen and oxygen atoms in total. The van der Waals surface area contributed by atoms with Crippen LogP contribution in [0.15, 0.2) is 24.3 Å². The second-order valence-electron chi connectivity index (χ2n) is 5.12. The molecule has 1 aliphatic heterocycles. The number of carbonyl (C=O) groups is 1. The Balaban J connectivity index is 1.95. The van der Waals surface area contributed by atoms with Crippen molar-refractivity contribution in [1.29, 1.82) is 0 Å². The number of rotatable bonds is 2. The van der Waals surface area contributed by atoms with Gasteiger partial charge in [-0.05, 0) is 42.6 Å². The first-order valence-electron chi connectivity index (χ1n) is 6.04. The number of benzene rings is 1. The molecule has 98 valence electrons. The van der Waals surface area contributed by atoms with E-state index < -0.39 is 0 Å². The maximum Gasteiger partial charge on any atom is 0.321 e. The smallest absolute Gasteiger partial charge is 0.321 e. The lowest BCUT2D eigenvalue weighted by Crippen LogP contribution is -2.36. The van der Waals surface area contributed by atoms with Crippen LogP contribution in [0.25, 0.3) is 0 Å². The quantitative estimate of drug-likeness (QED) is 0.845. The van der Waals surface area contributed by atoms with Gasteiger partial charge in [0.2, 0.25) is 0 Å². The molecule has 0 aliphatic carbocycles. The van der Waals surface area contributed by atoms with Crippen LogP contribution in [0.5, 0.6) is 0 Å². The van der Waals surface area contributed by atoms with Crippen LogP contribution in [-0.2, 0) is 0 Å². The monoisotopic (exact) mass is 251 g/mol. The fourth-order valence-corrected chi connectivity index (χ4v) is 2.10. The van der Waals surface area contributed by atoms with Crippen LogP contribution in [0, 0.1) is 11.2 Å². The molecule has 1 aliphatic rings. The number of hydrogen-bond donors (Lipinski definition) is 2. The summed E-state index contributed by atoms with van der Waals surface area (Å²) in [6, 6.07) is 5.59. The zero-order chi connectivity index (χ0) is 13.2. The molecule has 5 heteroatoms. The zero-order valence-electron chi connectivity index (χ0n) is 10.4. The van der Waals surface area contributed by atoms with Crippen molar-refractivity contribution in [2.75, 3.05) is 25.0 Å². The van der Waals surface area contributed by atoms with Gasteiger partial charge >= 0.3 is 6.03 Å². The number of nitrogens with zero attached hydrogens (tertiary/aromatic N) is 1. The highest BCUT2D eigenvalue weighted by Gasteiger charge is 2.34. The molecule has 0 bridgehead atoms. The molecule has 1 fully saturated rings. The molecule has 2 rings (SSSR count). The van der Waals surface area contributed by atoms with E-state index >= 15 is 0 Å². The first-order valence-corrected chi connectivity index (χ1v) is 6.04. The fourth-order valence-electron chi connectivity index (χ4n) is 2.10. The van der Waals surface area contributed by atoms with Crippen LogP contribution in [0.2, 0.25) is 0 Å². The molecule has 1 heterocycles. The van der Waals surface area contributed by atoms with Crippen molar-refractivity contribution >= 4 is 11.7 Å². The van der Waals surface area contributed by atoms with E-state index in [1.165, 1.54) is 12.1 Å². The lowest BCUT2D eigenvalue weighted by molar-refractivity contribution is 0.216. The molecule has 1 atom stereocenters. The molecule has 18 heavy (non-hydrogen) atoms. The molecule has 2 amide bonds. The highest BCUT2D eigenvalue weighted by atomic mass is 19.1. The Bertz CT molecular complexity index is 434. The molecule has 0 spiro atoms. The molecule has 0 saturated carbocycles. The lowest BCUT2D eigenvalue weighted by atomic mass is 9.90. The van der Waals surface area contributed by atoms with Gasteiger partial charge in [-0.25, -0.2) is 9.18 Å². The fraction of sp³-hybridized carbons (Fsp3) is 0.462. The number of nitrogens with two attached hydrogens (primary N) is 1. The standard InChI is InChI=1S/C13H18FN3O/c1-13(8-15)6-7-17(9-13)12(18)16-11-4-2-10(14)3-5-11/h2-5H,6-9,15H2,1H3,(H,16,18). The van der Waals surface area contributed by atoms with E-state index in [-0.39, 0.29) is 17.3 Å². The summed E-state index contributed by atoms with van der Waals surface area (Å²) in [6.45, 7) is 4.03. The van der Waals surface area contributed by atoms with Crippen molar-refractivity contribution in [2.24, 2.45) is 11.1 Å². The second-order valence-corrected chi connectivity index (χ2v) is 5.12. The maximum atomic E-state index is 12.7. The van der Waals surface area contributed by atoms with Gasteiger partial charge in [-0.1, -0.05) is 6.92 Å². The Labute approximate surface area is 106 Å². The van der Waals surface area contributed by atoms with Gasteiger partial charge in [-0.15, -0.1) is 0 Å². The normalized spacial score (nSPS) is 23.2. The summed E-state index contributed by atoms with van der Waals surface area (Å²) in [5.41, 5.74) is 6.31. The van der Waals surface area contributed by atoms with Crippen molar-refractivity contribution in [3.05, 3.63) is 30.1 Å². The molecule has 1 unspecified atom stereocenters. The van der Waals surface area contributed by atoms with E-state index in [2.05, 4.69) is 12.2 Å². The van der Waals surface area contributed by atoms with Crippen LogP contribution in [0.3, 0.4) is 0 Å². The minimum absolute atomic E-state index is 0.0140. The average Bonchev–Trinajstić information content (AvgIpc) is 2.76. The van der Waals surface area contributed by atoms with Crippen molar-refractivity contribution in [1.82, 2.24) is 4.90 Å². The predicted octanol–water partition coefficient (Wildman–Crippen LogP) is 2.03. The van der Waals surface area contributed by atoms with Crippen molar-refractivity contribution in [2.45, 2.75) is 13.3 Å². The number of hydrogen-bond acceptors (Lipinski definition) is 2. The summed E-state index contributed by atoms with van der Waals surface area (Å²) in [5.74, 6) is -0.315. The summed E-state index contributed by atoms with van der Waals surface area (Å²) >= 11 is 0. The van der Waals surface area contributed by atoms with E-state index in [0.29, 0.717) is 25.3 Å². The van der Waals surface area contributed by atoms with E-state index in [0.717, 1.165) is 6.42 Å². The van der Waals surface area contributed by atoms with E-state index in [1.807, 2.05) is 0 Å². The molecule has 1 saturated heterocycles. The summed E-state index contributed by atoms with van der Waals surface area (Å²) in [4.78, 5) is 13.7. The Morgan fingerprint density at radius 1 is 1.50 bits per heavy atom. The number of nitrogens with one attached hydrogen (secondary N) is 1. The molecular weight excluding hydrogens is 233 g/mol. The number of urea groups is 1. The summed E-state index contributed by atoms with van der Waals surface area (Å²) < 4.78 is 12.7. The number of amides is 2. The predicted molar refractivity (Wildman–Crippen MR) is 68.8 cm³/mol. The lowest BCUT2D eigenvalue weighted by Gasteiger charge is -2.22. The summed E-state index contributed by atoms with van der Waals surface area (Å²) in [6.07, 6.45) is 0.917. The van der Waals surface area contributed by atoms with Crippen LogP contribution in [0.1, 0.15) is 13.3 Å². The number of carbonyl (C=O) groups excluding carboxylic acids is 1. The number of halogens is 1. The number of anilines is 1. The minimum Gasteiger partial charge on any atom is -0.330 e. The van der Waals surface area contributed by atoms with Crippen molar-refractivity contribution in [3.63, 3.8) is 0 Å². The molecule has 3 N–H and O–H groups in total. The Morgan fingerprint density at radius 2 is 2.17 bits per heavy atom. The van der Waals surface area contributed by atoms with Gasteiger partial charge in [0.25, 0.3) is 0 Å². The molecular formula is C13H18FN3O. The van der Waals surface area contributed by atoms with Gasteiger partial charge in [-0.2, -0.15) is 0 Å². The van der Waals surface area contributed by atoms with Gasteiger partial charge < -0.3 is 16.0 Å². The van der Waals surface area contributed by atoms with Crippen LogP contribution in [-0.4, -0.2) is 30.6 Å². The Hall–Kier alpha value is -1.62. The number of likely N-dealkylation sites (tertiary alicyclic amines) is 1. The average molecular weight is 251 g/mol. The third-order valence-corrected chi connectivity index (χ3v) is 3.43.